The van der Waals surface area contributed by atoms with Gasteiger partial charge in [0.15, 0.2) is 0 Å². The summed E-state index contributed by atoms with van der Waals surface area (Å²) in [5.74, 6) is 0.526. The van der Waals surface area contributed by atoms with Gasteiger partial charge in [0.05, 0.1) is 24.5 Å². The van der Waals surface area contributed by atoms with Crippen LogP contribution in [0.1, 0.15) is 40.0 Å². The van der Waals surface area contributed by atoms with Gasteiger partial charge in [0.1, 0.15) is 0 Å². The third-order valence-electron chi connectivity index (χ3n) is 5.08. The molecule has 1 aromatic rings. The van der Waals surface area contributed by atoms with E-state index >= 15 is 0 Å². The molecule has 1 aromatic carbocycles. The topological polar surface area (TPSA) is 70.9 Å². The van der Waals surface area contributed by atoms with Crippen molar-refractivity contribution in [2.45, 2.75) is 51.0 Å². The number of hydrogen-bond acceptors (Lipinski definition) is 3. The van der Waals surface area contributed by atoms with Gasteiger partial charge in [-0.05, 0) is 36.6 Å². The summed E-state index contributed by atoms with van der Waals surface area (Å²) in [5.41, 5.74) is 0.602. The molecule has 1 aliphatic heterocycles. The van der Waals surface area contributed by atoms with E-state index in [2.05, 4.69) is 26.2 Å². The SMILES string of the molecule is CC(=O)Nc1ccc(S(=O)(=O)N2CCC([NH+](C)CCC(C)C)CC2)cc1. The Kier molecular flexibility index (Phi) is 7.20. The minimum atomic E-state index is -3.47. The van der Waals surface area contributed by atoms with E-state index < -0.39 is 10.0 Å². The monoisotopic (exact) mass is 382 g/mol. The largest absolute Gasteiger partial charge is 0.335 e. The molecule has 7 heteroatoms. The molecule has 1 aliphatic rings. The Balaban J connectivity index is 1.96. The van der Waals surface area contributed by atoms with E-state index in [1.807, 2.05) is 0 Å². The molecule has 1 unspecified atom stereocenters. The fourth-order valence-electron chi connectivity index (χ4n) is 3.37. The van der Waals surface area contributed by atoms with Gasteiger partial charge >= 0.3 is 0 Å². The molecule has 0 radical (unpaired) electrons. The van der Waals surface area contributed by atoms with Crippen molar-refractivity contribution in [2.24, 2.45) is 5.92 Å². The number of nitrogens with zero attached hydrogens (tertiary/aromatic N) is 1. The first kappa shape index (κ1) is 20.9. The lowest BCUT2D eigenvalue weighted by atomic mass is 10.0. The summed E-state index contributed by atoms with van der Waals surface area (Å²) in [6.07, 6.45) is 2.99. The van der Waals surface area contributed by atoms with E-state index in [9.17, 15) is 13.2 Å². The minimum absolute atomic E-state index is 0.174. The molecular formula is C19H32N3O3S+. The molecule has 0 bridgehead atoms. The van der Waals surface area contributed by atoms with Crippen LogP contribution in [0, 0.1) is 5.92 Å². The first-order valence-corrected chi connectivity index (χ1v) is 10.8. The van der Waals surface area contributed by atoms with Gasteiger partial charge in [0.25, 0.3) is 0 Å². The molecule has 1 saturated heterocycles. The van der Waals surface area contributed by atoms with E-state index in [-0.39, 0.29) is 10.8 Å². The zero-order valence-electron chi connectivity index (χ0n) is 16.3. The minimum Gasteiger partial charge on any atom is -0.335 e. The molecule has 2 rings (SSSR count). The Hall–Kier alpha value is -1.44. The van der Waals surface area contributed by atoms with Gasteiger partial charge in [-0.2, -0.15) is 4.31 Å². The van der Waals surface area contributed by atoms with Gasteiger partial charge in [0, 0.05) is 38.5 Å². The Morgan fingerprint density at radius 1 is 1.23 bits per heavy atom. The van der Waals surface area contributed by atoms with E-state index in [0.29, 0.717) is 30.7 Å². The first-order valence-electron chi connectivity index (χ1n) is 9.40. The maximum absolute atomic E-state index is 12.8. The van der Waals surface area contributed by atoms with Crippen LogP contribution < -0.4 is 10.2 Å². The highest BCUT2D eigenvalue weighted by Gasteiger charge is 2.32. The van der Waals surface area contributed by atoms with Crippen molar-refractivity contribution >= 4 is 21.6 Å². The van der Waals surface area contributed by atoms with Crippen molar-refractivity contribution < 1.29 is 18.1 Å². The number of piperidine rings is 1. The average Bonchev–Trinajstić information content (AvgIpc) is 2.59. The number of amides is 1. The van der Waals surface area contributed by atoms with Crippen molar-refractivity contribution in [1.82, 2.24) is 4.31 Å². The first-order chi connectivity index (χ1) is 12.2. The maximum atomic E-state index is 12.8. The van der Waals surface area contributed by atoms with Crippen LogP contribution >= 0.6 is 0 Å². The molecule has 0 aromatic heterocycles. The number of rotatable bonds is 7. The number of hydrogen-bond donors (Lipinski definition) is 2. The zero-order chi connectivity index (χ0) is 19.3. The van der Waals surface area contributed by atoms with Crippen LogP contribution in [-0.2, 0) is 14.8 Å². The molecule has 6 nitrogen and oxygen atoms in total. The molecule has 0 aliphatic carbocycles. The Bertz CT molecular complexity index is 693. The number of nitrogens with one attached hydrogen (secondary N) is 2. The summed E-state index contributed by atoms with van der Waals surface area (Å²) < 4.78 is 27.3. The summed E-state index contributed by atoms with van der Waals surface area (Å²) in [6.45, 7) is 8.17. The van der Waals surface area contributed by atoms with E-state index in [4.69, 9.17) is 0 Å². The highest BCUT2D eigenvalue weighted by atomic mass is 32.2. The molecule has 1 fully saturated rings. The molecule has 1 heterocycles. The molecule has 0 saturated carbocycles. The number of benzene rings is 1. The van der Waals surface area contributed by atoms with Gasteiger partial charge in [-0.25, -0.2) is 8.42 Å². The van der Waals surface area contributed by atoms with Crippen LogP contribution in [0.4, 0.5) is 5.69 Å². The second-order valence-electron chi connectivity index (χ2n) is 7.66. The van der Waals surface area contributed by atoms with Crippen LogP contribution in [0.15, 0.2) is 29.2 Å². The molecule has 26 heavy (non-hydrogen) atoms. The highest BCUT2D eigenvalue weighted by Crippen LogP contribution is 2.21. The van der Waals surface area contributed by atoms with Crippen LogP contribution in [0.5, 0.6) is 0 Å². The molecule has 2 N–H and O–H groups in total. The van der Waals surface area contributed by atoms with Crippen LogP contribution in [-0.4, -0.2) is 51.4 Å². The van der Waals surface area contributed by atoms with Gasteiger partial charge in [-0.3, -0.25) is 4.79 Å². The predicted octanol–water partition coefficient (Wildman–Crippen LogP) is 1.36. The van der Waals surface area contributed by atoms with Crippen LogP contribution in [0.25, 0.3) is 0 Å². The Morgan fingerprint density at radius 2 is 1.81 bits per heavy atom. The smallest absolute Gasteiger partial charge is 0.243 e. The van der Waals surface area contributed by atoms with Gasteiger partial charge in [0.2, 0.25) is 15.9 Å². The lowest BCUT2D eigenvalue weighted by Gasteiger charge is -2.34. The Morgan fingerprint density at radius 3 is 2.31 bits per heavy atom. The molecule has 146 valence electrons. The lowest BCUT2D eigenvalue weighted by Crippen LogP contribution is -3.13. The van der Waals surface area contributed by atoms with Gasteiger partial charge < -0.3 is 10.2 Å². The third kappa shape index (κ3) is 5.53. The molecule has 1 amide bonds. The van der Waals surface area contributed by atoms with Crippen molar-refractivity contribution in [3.05, 3.63) is 24.3 Å². The summed E-state index contributed by atoms with van der Waals surface area (Å²) in [7, 11) is -1.25. The zero-order valence-corrected chi connectivity index (χ0v) is 17.1. The van der Waals surface area contributed by atoms with E-state index in [1.165, 1.54) is 18.2 Å². The van der Waals surface area contributed by atoms with Crippen molar-refractivity contribution in [1.29, 1.82) is 0 Å². The molecule has 1 atom stereocenters. The number of carbonyl (C=O) groups is 1. The van der Waals surface area contributed by atoms with Crippen molar-refractivity contribution in [3.63, 3.8) is 0 Å². The van der Waals surface area contributed by atoms with E-state index in [0.717, 1.165) is 19.4 Å². The summed E-state index contributed by atoms with van der Waals surface area (Å²) >= 11 is 0. The van der Waals surface area contributed by atoms with Gasteiger partial charge in [-0.15, -0.1) is 0 Å². The van der Waals surface area contributed by atoms with Gasteiger partial charge in [-0.1, -0.05) is 13.8 Å². The second-order valence-corrected chi connectivity index (χ2v) is 9.60. The summed E-state index contributed by atoms with van der Waals surface area (Å²) in [5, 5.41) is 2.65. The quantitative estimate of drug-likeness (QED) is 0.748. The van der Waals surface area contributed by atoms with Crippen LogP contribution in [0.2, 0.25) is 0 Å². The molecular weight excluding hydrogens is 350 g/mol. The normalized spacial score (nSPS) is 18.0. The lowest BCUT2D eigenvalue weighted by molar-refractivity contribution is -0.907. The van der Waals surface area contributed by atoms with E-state index in [1.54, 1.807) is 28.6 Å². The molecule has 0 spiro atoms. The number of anilines is 1. The fourth-order valence-corrected chi connectivity index (χ4v) is 4.84. The standard InChI is InChI=1S/C19H31N3O3S/c1-15(2)9-12-21(4)18-10-13-22(14-11-18)26(24,25)19-7-5-17(6-8-19)20-16(3)23/h5-8,15,18H,9-14H2,1-4H3,(H,20,23)/p+1. The average molecular weight is 383 g/mol. The number of sulfonamides is 1. The van der Waals surface area contributed by atoms with Crippen molar-refractivity contribution in [3.8, 4) is 0 Å². The fraction of sp³-hybridized carbons (Fsp3) is 0.632. The third-order valence-corrected chi connectivity index (χ3v) is 6.99. The summed E-state index contributed by atoms with van der Waals surface area (Å²) in [4.78, 5) is 12.9. The Labute approximate surface area is 157 Å². The van der Waals surface area contributed by atoms with Crippen molar-refractivity contribution in [2.75, 3.05) is 32.0 Å². The maximum Gasteiger partial charge on any atom is 0.243 e. The summed E-state index contributed by atoms with van der Waals surface area (Å²) in [6, 6.07) is 6.91. The number of quaternary nitrogens is 1. The van der Waals surface area contributed by atoms with Crippen LogP contribution in [0.3, 0.4) is 0 Å². The predicted molar refractivity (Wildman–Crippen MR) is 104 cm³/mol. The highest BCUT2D eigenvalue weighted by molar-refractivity contribution is 7.89. The second kappa shape index (κ2) is 8.97. The number of carbonyl (C=O) groups excluding carboxylic acids is 1.